The van der Waals surface area contributed by atoms with E-state index in [1.165, 1.54) is 32.6 Å². The van der Waals surface area contributed by atoms with Crippen molar-refractivity contribution in [2.24, 2.45) is 0 Å². The zero-order valence-electron chi connectivity index (χ0n) is 16.0. The number of benzene rings is 2. The number of anilines is 2. The van der Waals surface area contributed by atoms with Crippen molar-refractivity contribution in [3.8, 4) is 0 Å². The molecule has 28 heavy (non-hydrogen) atoms. The van der Waals surface area contributed by atoms with Gasteiger partial charge in [-0.3, -0.25) is 4.90 Å². The summed E-state index contributed by atoms with van der Waals surface area (Å²) in [5.41, 5.74) is 6.17. The van der Waals surface area contributed by atoms with Gasteiger partial charge in [-0.1, -0.05) is 30.9 Å². The van der Waals surface area contributed by atoms with E-state index in [0.29, 0.717) is 0 Å². The third-order valence-electron chi connectivity index (χ3n) is 5.78. The quantitative estimate of drug-likeness (QED) is 0.662. The van der Waals surface area contributed by atoms with Gasteiger partial charge in [0.25, 0.3) is 0 Å². The third-order valence-corrected chi connectivity index (χ3v) is 6.66. The predicted octanol–water partition coefficient (Wildman–Crippen LogP) is 5.22. The summed E-state index contributed by atoms with van der Waals surface area (Å²) in [5, 5.41) is 6.97. The van der Waals surface area contributed by atoms with E-state index in [1.54, 1.807) is 0 Å². The molecule has 1 N–H and O–H groups in total. The Morgan fingerprint density at radius 2 is 1.89 bits per heavy atom. The largest absolute Gasteiger partial charge is 0.368 e. The molecule has 5 rings (SSSR count). The molecule has 2 aliphatic heterocycles. The highest BCUT2D eigenvalue weighted by Crippen LogP contribution is 2.31. The lowest BCUT2D eigenvalue weighted by atomic mass is 10.0. The lowest BCUT2D eigenvalue weighted by Gasteiger charge is -2.36. The standard InChI is InChI=1S/C24H25N3S/c1-18-5-7-20-8-6-19(17-22(20)25-18)9-11-26-12-14-27(15-13-26)23-3-2-4-24-21(23)10-16-28-24/h2-8,10,16-17,25H,1,9,11-15H2. The minimum atomic E-state index is 0.960. The molecule has 3 heterocycles. The minimum Gasteiger partial charge on any atom is -0.368 e. The number of piperazine rings is 1. The third kappa shape index (κ3) is 3.46. The summed E-state index contributed by atoms with van der Waals surface area (Å²) in [7, 11) is 0. The van der Waals surface area contributed by atoms with Gasteiger partial charge in [-0.2, -0.15) is 0 Å². The number of thiophene rings is 1. The number of rotatable bonds is 4. The molecule has 3 aromatic rings. The van der Waals surface area contributed by atoms with Gasteiger partial charge in [0.15, 0.2) is 0 Å². The van der Waals surface area contributed by atoms with E-state index < -0.39 is 0 Å². The molecule has 2 aromatic carbocycles. The lowest BCUT2D eigenvalue weighted by molar-refractivity contribution is 0.261. The Hall–Kier alpha value is -2.56. The highest BCUT2D eigenvalue weighted by atomic mass is 32.1. The van der Waals surface area contributed by atoms with Crippen LogP contribution in [-0.2, 0) is 6.42 Å². The van der Waals surface area contributed by atoms with Gasteiger partial charge in [-0.15, -0.1) is 11.3 Å². The van der Waals surface area contributed by atoms with E-state index in [-0.39, 0.29) is 0 Å². The van der Waals surface area contributed by atoms with Crippen LogP contribution in [0.15, 0.2) is 66.2 Å². The molecule has 2 aliphatic rings. The van der Waals surface area contributed by atoms with Gasteiger partial charge in [0.05, 0.1) is 0 Å². The Morgan fingerprint density at radius 3 is 2.79 bits per heavy atom. The van der Waals surface area contributed by atoms with Gasteiger partial charge in [0, 0.05) is 59.9 Å². The smallest absolute Gasteiger partial charge is 0.0460 e. The molecule has 0 amide bonds. The second-order valence-electron chi connectivity index (χ2n) is 7.59. The molecular formula is C24H25N3S. The summed E-state index contributed by atoms with van der Waals surface area (Å²) < 4.78 is 1.39. The number of allylic oxidation sites excluding steroid dienone is 1. The zero-order valence-corrected chi connectivity index (χ0v) is 16.8. The van der Waals surface area contributed by atoms with Crippen LogP contribution in [-0.4, -0.2) is 37.6 Å². The number of nitrogens with one attached hydrogen (secondary N) is 1. The average molecular weight is 388 g/mol. The first-order valence-electron chi connectivity index (χ1n) is 9.97. The maximum Gasteiger partial charge on any atom is 0.0460 e. The van der Waals surface area contributed by atoms with E-state index in [1.807, 2.05) is 17.4 Å². The number of hydrogen-bond acceptors (Lipinski definition) is 4. The van der Waals surface area contributed by atoms with E-state index in [0.717, 1.165) is 44.8 Å². The summed E-state index contributed by atoms with van der Waals surface area (Å²) >= 11 is 1.83. The molecule has 0 spiro atoms. The molecule has 1 fully saturated rings. The number of hydrogen-bond donors (Lipinski definition) is 1. The fourth-order valence-electron chi connectivity index (χ4n) is 4.17. The first-order chi connectivity index (χ1) is 13.8. The Morgan fingerprint density at radius 1 is 1.00 bits per heavy atom. The van der Waals surface area contributed by atoms with Crippen LogP contribution in [0.1, 0.15) is 11.1 Å². The Balaban J connectivity index is 1.19. The molecule has 0 bridgehead atoms. The van der Waals surface area contributed by atoms with Crippen molar-refractivity contribution in [2.75, 3.05) is 42.9 Å². The molecule has 0 radical (unpaired) electrons. The lowest BCUT2D eigenvalue weighted by Crippen LogP contribution is -2.47. The van der Waals surface area contributed by atoms with Crippen molar-refractivity contribution in [3.63, 3.8) is 0 Å². The van der Waals surface area contributed by atoms with Crippen molar-refractivity contribution in [1.82, 2.24) is 4.90 Å². The molecule has 4 heteroatoms. The van der Waals surface area contributed by atoms with Gasteiger partial charge < -0.3 is 10.2 Å². The van der Waals surface area contributed by atoms with Gasteiger partial charge in [-0.05, 0) is 53.3 Å². The Bertz CT molecular complexity index is 1040. The van der Waals surface area contributed by atoms with Crippen LogP contribution in [0.2, 0.25) is 0 Å². The normalized spacial score (nSPS) is 17.0. The van der Waals surface area contributed by atoms with Crippen molar-refractivity contribution in [1.29, 1.82) is 0 Å². The summed E-state index contributed by atoms with van der Waals surface area (Å²) in [6.07, 6.45) is 5.24. The summed E-state index contributed by atoms with van der Waals surface area (Å²) in [4.78, 5) is 5.14. The van der Waals surface area contributed by atoms with E-state index in [4.69, 9.17) is 0 Å². The first kappa shape index (κ1) is 17.5. The molecule has 1 saturated heterocycles. The summed E-state index contributed by atoms with van der Waals surface area (Å²) in [6.45, 7) is 9.58. The van der Waals surface area contributed by atoms with E-state index in [9.17, 15) is 0 Å². The molecule has 0 unspecified atom stereocenters. The van der Waals surface area contributed by atoms with Crippen molar-refractivity contribution >= 4 is 38.9 Å². The average Bonchev–Trinajstić information content (AvgIpc) is 3.21. The fraction of sp³-hybridized carbons (Fsp3) is 0.250. The number of fused-ring (bicyclic) bond motifs is 2. The molecule has 142 valence electrons. The highest BCUT2D eigenvalue weighted by molar-refractivity contribution is 7.17. The van der Waals surface area contributed by atoms with Crippen LogP contribution in [0.3, 0.4) is 0 Å². The maximum atomic E-state index is 4.00. The minimum absolute atomic E-state index is 0.960. The molecule has 1 aromatic heterocycles. The monoisotopic (exact) mass is 387 g/mol. The van der Waals surface area contributed by atoms with Crippen molar-refractivity contribution in [3.05, 3.63) is 77.3 Å². The van der Waals surface area contributed by atoms with Crippen LogP contribution in [0, 0.1) is 0 Å². The van der Waals surface area contributed by atoms with Crippen LogP contribution < -0.4 is 10.2 Å². The van der Waals surface area contributed by atoms with E-state index in [2.05, 4.69) is 75.6 Å². The molecule has 0 aliphatic carbocycles. The fourth-order valence-corrected chi connectivity index (χ4v) is 4.98. The van der Waals surface area contributed by atoms with Gasteiger partial charge >= 0.3 is 0 Å². The SMILES string of the molecule is C=C1C=Cc2ccc(CCN3CCN(c4cccc5sccc45)CC3)cc2N1. The first-order valence-corrected chi connectivity index (χ1v) is 10.8. The predicted molar refractivity (Wildman–Crippen MR) is 122 cm³/mol. The molecule has 3 nitrogen and oxygen atoms in total. The molecule has 0 saturated carbocycles. The molecular weight excluding hydrogens is 362 g/mol. The van der Waals surface area contributed by atoms with Gasteiger partial charge in [0.2, 0.25) is 0 Å². The summed E-state index contributed by atoms with van der Waals surface area (Å²) in [5.74, 6) is 0. The van der Waals surface area contributed by atoms with Crippen LogP contribution in [0.25, 0.3) is 16.2 Å². The molecule has 0 atom stereocenters. The van der Waals surface area contributed by atoms with Crippen molar-refractivity contribution < 1.29 is 0 Å². The van der Waals surface area contributed by atoms with Crippen LogP contribution >= 0.6 is 11.3 Å². The Labute approximate surface area is 170 Å². The second kappa shape index (κ2) is 7.46. The second-order valence-corrected chi connectivity index (χ2v) is 8.54. The maximum absolute atomic E-state index is 4.00. The summed E-state index contributed by atoms with van der Waals surface area (Å²) in [6, 6.07) is 15.7. The van der Waals surface area contributed by atoms with Gasteiger partial charge in [0.1, 0.15) is 0 Å². The van der Waals surface area contributed by atoms with Crippen LogP contribution in [0.5, 0.6) is 0 Å². The van der Waals surface area contributed by atoms with Gasteiger partial charge in [-0.25, -0.2) is 0 Å². The van der Waals surface area contributed by atoms with Crippen molar-refractivity contribution in [2.45, 2.75) is 6.42 Å². The zero-order chi connectivity index (χ0) is 18.9. The highest BCUT2D eigenvalue weighted by Gasteiger charge is 2.19. The Kier molecular flexibility index (Phi) is 4.67. The van der Waals surface area contributed by atoms with E-state index >= 15 is 0 Å². The number of nitrogens with zero attached hydrogens (tertiary/aromatic N) is 2. The van der Waals surface area contributed by atoms with Crippen LogP contribution in [0.4, 0.5) is 11.4 Å². The topological polar surface area (TPSA) is 18.5 Å².